The van der Waals surface area contributed by atoms with E-state index in [1.54, 1.807) is 13.0 Å². The molecule has 0 spiro atoms. The van der Waals surface area contributed by atoms with E-state index < -0.39 is 5.91 Å². The van der Waals surface area contributed by atoms with Gasteiger partial charge < -0.3 is 14.5 Å². The zero-order valence-electron chi connectivity index (χ0n) is 12.2. The highest BCUT2D eigenvalue weighted by molar-refractivity contribution is 6.02. The number of aryl methyl sites for hydroxylation is 1. The summed E-state index contributed by atoms with van der Waals surface area (Å²) in [6.45, 7) is 6.00. The number of rotatable bonds is 4. The van der Waals surface area contributed by atoms with Gasteiger partial charge in [-0.2, -0.15) is 0 Å². The highest BCUT2D eigenvalue weighted by Crippen LogP contribution is 2.19. The van der Waals surface area contributed by atoms with Crippen molar-refractivity contribution in [2.45, 2.75) is 20.8 Å². The van der Waals surface area contributed by atoms with Crippen LogP contribution in [0.2, 0.25) is 0 Å². The first kappa shape index (κ1) is 14.8. The minimum atomic E-state index is -0.469. The van der Waals surface area contributed by atoms with Gasteiger partial charge in [0.25, 0.3) is 5.91 Å². The van der Waals surface area contributed by atoms with Gasteiger partial charge in [-0.15, -0.1) is 0 Å². The molecule has 0 saturated heterocycles. The lowest BCUT2D eigenvalue weighted by molar-refractivity contribution is 0.0993. The van der Waals surface area contributed by atoms with Crippen LogP contribution in [-0.2, 0) is 0 Å². The summed E-state index contributed by atoms with van der Waals surface area (Å²) >= 11 is 0. The second-order valence-corrected chi connectivity index (χ2v) is 4.61. The van der Waals surface area contributed by atoms with E-state index in [-0.39, 0.29) is 16.9 Å². The largest absolute Gasteiger partial charge is 0.487 e. The summed E-state index contributed by atoms with van der Waals surface area (Å²) < 4.78 is 10.2. The summed E-state index contributed by atoms with van der Waals surface area (Å²) in [7, 11) is 0. The van der Waals surface area contributed by atoms with Gasteiger partial charge in [-0.05, 0) is 38.0 Å². The number of carbonyl (C=O) groups is 1. The lowest BCUT2D eigenvalue weighted by atomic mass is 10.1. The molecule has 0 aliphatic heterocycles. The van der Waals surface area contributed by atoms with E-state index in [2.05, 4.69) is 5.32 Å². The third-order valence-corrected chi connectivity index (χ3v) is 3.17. The lowest BCUT2D eigenvalue weighted by Gasteiger charge is -2.10. The van der Waals surface area contributed by atoms with Crippen molar-refractivity contribution in [2.75, 3.05) is 11.9 Å². The summed E-state index contributed by atoms with van der Waals surface area (Å²) in [5.41, 5.74) is 2.35. The zero-order chi connectivity index (χ0) is 15.4. The van der Waals surface area contributed by atoms with E-state index in [0.29, 0.717) is 12.3 Å². The fraction of sp³-hybridized carbons (Fsp3) is 0.250. The number of amides is 1. The second kappa shape index (κ2) is 6.26. The van der Waals surface area contributed by atoms with Crippen molar-refractivity contribution in [2.24, 2.45) is 0 Å². The van der Waals surface area contributed by atoms with Crippen LogP contribution in [-0.4, -0.2) is 12.5 Å². The van der Waals surface area contributed by atoms with E-state index >= 15 is 0 Å². The van der Waals surface area contributed by atoms with Crippen molar-refractivity contribution in [3.05, 3.63) is 57.6 Å². The maximum absolute atomic E-state index is 12.1. The van der Waals surface area contributed by atoms with Crippen molar-refractivity contribution in [3.8, 4) is 5.75 Å². The van der Waals surface area contributed by atoms with Gasteiger partial charge >= 0.3 is 0 Å². The Morgan fingerprint density at radius 1 is 1.33 bits per heavy atom. The molecule has 1 aromatic heterocycles. The molecule has 0 unspecified atom stereocenters. The van der Waals surface area contributed by atoms with Gasteiger partial charge in [-0.1, -0.05) is 12.1 Å². The lowest BCUT2D eigenvalue weighted by Crippen LogP contribution is -2.16. The Bertz CT molecular complexity index is 718. The Labute approximate surface area is 122 Å². The predicted octanol–water partition coefficient (Wildman–Crippen LogP) is 2.91. The van der Waals surface area contributed by atoms with Crippen LogP contribution in [0.3, 0.4) is 0 Å². The van der Waals surface area contributed by atoms with Gasteiger partial charge in [0, 0.05) is 11.8 Å². The van der Waals surface area contributed by atoms with Gasteiger partial charge in [0.15, 0.2) is 5.76 Å². The fourth-order valence-corrected chi connectivity index (χ4v) is 1.85. The van der Waals surface area contributed by atoms with Crippen LogP contribution in [0, 0.1) is 13.8 Å². The summed E-state index contributed by atoms with van der Waals surface area (Å²) in [5, 5.41) is 2.73. The highest BCUT2D eigenvalue weighted by Gasteiger charge is 2.13. The molecular weight excluding hydrogens is 270 g/mol. The van der Waals surface area contributed by atoms with E-state index in [9.17, 15) is 9.59 Å². The summed E-state index contributed by atoms with van der Waals surface area (Å²) in [5.74, 6) is -0.422. The molecule has 1 heterocycles. The van der Waals surface area contributed by atoms with Crippen LogP contribution >= 0.6 is 0 Å². The third-order valence-electron chi connectivity index (χ3n) is 3.17. The summed E-state index contributed by atoms with van der Waals surface area (Å²) in [4.78, 5) is 23.9. The minimum absolute atomic E-state index is 0.0515. The number of ether oxygens (including phenoxy) is 1. The van der Waals surface area contributed by atoms with E-state index in [4.69, 9.17) is 9.15 Å². The molecule has 1 aromatic carbocycles. The molecule has 2 aromatic rings. The predicted molar refractivity (Wildman–Crippen MR) is 80.0 cm³/mol. The van der Waals surface area contributed by atoms with Crippen molar-refractivity contribution < 1.29 is 13.9 Å². The van der Waals surface area contributed by atoms with Gasteiger partial charge in [0.2, 0.25) is 11.2 Å². The van der Waals surface area contributed by atoms with Gasteiger partial charge in [-0.3, -0.25) is 9.59 Å². The molecule has 0 saturated carbocycles. The number of anilines is 1. The number of hydrogen-bond acceptors (Lipinski definition) is 4. The van der Waals surface area contributed by atoms with E-state index in [1.165, 1.54) is 0 Å². The summed E-state index contributed by atoms with van der Waals surface area (Å²) in [6.07, 6.45) is 1.16. The van der Waals surface area contributed by atoms with Crippen LogP contribution in [0.15, 0.2) is 39.7 Å². The number of carbonyl (C=O) groups excluding carboxylic acids is 1. The molecule has 21 heavy (non-hydrogen) atoms. The Morgan fingerprint density at radius 3 is 2.76 bits per heavy atom. The molecular formula is C16H17NO4. The zero-order valence-corrected chi connectivity index (χ0v) is 12.2. The van der Waals surface area contributed by atoms with Crippen LogP contribution in [0.4, 0.5) is 5.69 Å². The van der Waals surface area contributed by atoms with Gasteiger partial charge in [-0.25, -0.2) is 0 Å². The van der Waals surface area contributed by atoms with Crippen LogP contribution in [0.25, 0.3) is 0 Å². The molecule has 0 fully saturated rings. The molecule has 0 bridgehead atoms. The van der Waals surface area contributed by atoms with Crippen molar-refractivity contribution in [1.82, 2.24) is 0 Å². The van der Waals surface area contributed by atoms with Crippen molar-refractivity contribution >= 4 is 11.6 Å². The molecule has 0 aliphatic carbocycles. The first-order valence-electron chi connectivity index (χ1n) is 6.66. The molecule has 1 N–H and O–H groups in total. The highest BCUT2D eigenvalue weighted by atomic mass is 16.5. The van der Waals surface area contributed by atoms with Crippen LogP contribution in [0.1, 0.15) is 28.6 Å². The normalized spacial score (nSPS) is 10.2. The number of nitrogens with one attached hydrogen (secondary N) is 1. The van der Waals surface area contributed by atoms with Crippen molar-refractivity contribution in [1.29, 1.82) is 0 Å². The summed E-state index contributed by atoms with van der Waals surface area (Å²) in [6, 6.07) is 6.74. The Kier molecular flexibility index (Phi) is 4.42. The SMILES string of the molecule is CCOc1coc(C(=O)Nc2cccc(C)c2C)cc1=O. The third kappa shape index (κ3) is 3.31. The Morgan fingerprint density at radius 2 is 2.10 bits per heavy atom. The van der Waals surface area contributed by atoms with E-state index in [0.717, 1.165) is 23.5 Å². The van der Waals surface area contributed by atoms with Crippen molar-refractivity contribution in [3.63, 3.8) is 0 Å². The molecule has 110 valence electrons. The maximum atomic E-state index is 12.1. The average Bonchev–Trinajstić information content (AvgIpc) is 2.46. The molecule has 5 nitrogen and oxygen atoms in total. The minimum Gasteiger partial charge on any atom is -0.487 e. The fourth-order valence-electron chi connectivity index (χ4n) is 1.85. The molecule has 1 amide bonds. The first-order chi connectivity index (χ1) is 10.0. The monoisotopic (exact) mass is 287 g/mol. The first-order valence-corrected chi connectivity index (χ1v) is 6.66. The quantitative estimate of drug-likeness (QED) is 0.938. The standard InChI is InChI=1S/C16H17NO4/c1-4-20-15-9-21-14(8-13(15)18)16(19)17-12-7-5-6-10(2)11(12)3/h5-9H,4H2,1-3H3,(H,17,19). The molecule has 5 heteroatoms. The maximum Gasteiger partial charge on any atom is 0.291 e. The molecule has 0 radical (unpaired) electrons. The Hall–Kier alpha value is -2.56. The topological polar surface area (TPSA) is 68.5 Å². The number of hydrogen-bond donors (Lipinski definition) is 1. The average molecular weight is 287 g/mol. The van der Waals surface area contributed by atoms with Crippen LogP contribution < -0.4 is 15.5 Å². The van der Waals surface area contributed by atoms with Gasteiger partial charge in [0.1, 0.15) is 6.26 Å². The van der Waals surface area contributed by atoms with E-state index in [1.807, 2.05) is 26.0 Å². The van der Waals surface area contributed by atoms with Crippen LogP contribution in [0.5, 0.6) is 5.75 Å². The Balaban J connectivity index is 2.23. The molecule has 2 rings (SSSR count). The van der Waals surface area contributed by atoms with Gasteiger partial charge in [0.05, 0.1) is 6.61 Å². The molecule has 0 aliphatic rings. The number of benzene rings is 1. The smallest absolute Gasteiger partial charge is 0.291 e. The second-order valence-electron chi connectivity index (χ2n) is 4.61. The molecule has 0 atom stereocenters.